The molecule has 2 aromatic carbocycles. The van der Waals surface area contributed by atoms with Gasteiger partial charge in [0.05, 0.1) is 11.1 Å². The molecule has 0 saturated carbocycles. The van der Waals surface area contributed by atoms with Crippen LogP contribution in [0.3, 0.4) is 0 Å². The molecule has 0 amide bonds. The van der Waals surface area contributed by atoms with Gasteiger partial charge in [-0.25, -0.2) is 8.78 Å². The van der Waals surface area contributed by atoms with E-state index in [9.17, 15) is 13.9 Å². The second-order valence-corrected chi connectivity index (χ2v) is 5.83. The Balaban J connectivity index is 2.43. The number of hydrogen-bond acceptors (Lipinski definition) is 2. The van der Waals surface area contributed by atoms with Crippen molar-refractivity contribution in [1.82, 2.24) is 0 Å². The van der Waals surface area contributed by atoms with Gasteiger partial charge in [0.15, 0.2) is 0 Å². The summed E-state index contributed by atoms with van der Waals surface area (Å²) in [5.41, 5.74) is 6.25. The van der Waals surface area contributed by atoms with Gasteiger partial charge in [0, 0.05) is 28.6 Å². The van der Waals surface area contributed by atoms with Crippen LogP contribution < -0.4 is 5.73 Å². The van der Waals surface area contributed by atoms with Crippen molar-refractivity contribution in [2.24, 2.45) is 5.73 Å². The van der Waals surface area contributed by atoms with Gasteiger partial charge in [-0.2, -0.15) is 0 Å². The van der Waals surface area contributed by atoms with Gasteiger partial charge in [-0.3, -0.25) is 0 Å². The summed E-state index contributed by atoms with van der Waals surface area (Å²) in [6.45, 7) is -0.00738. The van der Waals surface area contributed by atoms with E-state index in [2.05, 4.69) is 15.9 Å². The molecule has 0 saturated heterocycles. The molecule has 0 heterocycles. The Morgan fingerprint density at radius 3 is 2.52 bits per heavy atom. The van der Waals surface area contributed by atoms with Gasteiger partial charge in [-0.1, -0.05) is 29.8 Å². The van der Waals surface area contributed by atoms with Crippen LogP contribution in [0.4, 0.5) is 8.78 Å². The van der Waals surface area contributed by atoms with Crippen LogP contribution in [0.2, 0.25) is 5.02 Å². The standard InChI is InChI=1S/C15H13BrClF2NO/c16-12-3-1-2-10(14(12)17)15(21)11(7-20)9-5-4-8(18)6-13(9)19/h1-6,11,15,21H,7,20H2. The summed E-state index contributed by atoms with van der Waals surface area (Å²) in [7, 11) is 0. The van der Waals surface area contributed by atoms with Crippen LogP contribution >= 0.6 is 27.5 Å². The zero-order valence-corrected chi connectivity index (χ0v) is 13.2. The average molecular weight is 377 g/mol. The first-order chi connectivity index (χ1) is 9.95. The third kappa shape index (κ3) is 3.43. The Morgan fingerprint density at radius 1 is 1.19 bits per heavy atom. The van der Waals surface area contributed by atoms with Crippen molar-refractivity contribution in [3.8, 4) is 0 Å². The van der Waals surface area contributed by atoms with E-state index in [1.54, 1.807) is 18.2 Å². The second kappa shape index (κ2) is 6.83. The van der Waals surface area contributed by atoms with Gasteiger partial charge in [0.2, 0.25) is 0 Å². The molecule has 21 heavy (non-hydrogen) atoms. The van der Waals surface area contributed by atoms with E-state index in [-0.39, 0.29) is 12.1 Å². The normalized spacial score (nSPS) is 14.0. The molecule has 2 atom stereocenters. The van der Waals surface area contributed by atoms with E-state index < -0.39 is 23.7 Å². The minimum Gasteiger partial charge on any atom is -0.388 e. The zero-order chi connectivity index (χ0) is 15.6. The summed E-state index contributed by atoms with van der Waals surface area (Å²) in [6, 6.07) is 8.28. The molecule has 0 aliphatic heterocycles. The van der Waals surface area contributed by atoms with Crippen molar-refractivity contribution in [2.75, 3.05) is 6.54 Å². The predicted molar refractivity (Wildman–Crippen MR) is 82.3 cm³/mol. The first kappa shape index (κ1) is 16.4. The topological polar surface area (TPSA) is 46.2 Å². The summed E-state index contributed by atoms with van der Waals surface area (Å²) >= 11 is 9.41. The molecule has 0 aromatic heterocycles. The van der Waals surface area contributed by atoms with Crippen LogP contribution in [0, 0.1) is 11.6 Å². The van der Waals surface area contributed by atoms with Gasteiger partial charge < -0.3 is 10.8 Å². The SMILES string of the molecule is NCC(c1ccc(F)cc1F)C(O)c1cccc(Br)c1Cl. The highest BCUT2D eigenvalue weighted by Crippen LogP contribution is 2.37. The number of halogens is 4. The zero-order valence-electron chi connectivity index (χ0n) is 10.9. The first-order valence-corrected chi connectivity index (χ1v) is 7.39. The minimum atomic E-state index is -1.10. The number of rotatable bonds is 4. The highest BCUT2D eigenvalue weighted by atomic mass is 79.9. The lowest BCUT2D eigenvalue weighted by atomic mass is 9.89. The molecule has 0 bridgehead atoms. The number of benzene rings is 2. The van der Waals surface area contributed by atoms with E-state index in [0.717, 1.165) is 12.1 Å². The van der Waals surface area contributed by atoms with Crippen LogP contribution in [-0.4, -0.2) is 11.7 Å². The van der Waals surface area contributed by atoms with E-state index in [4.69, 9.17) is 17.3 Å². The Hall–Kier alpha value is -1.01. The Kier molecular flexibility index (Phi) is 5.32. The Morgan fingerprint density at radius 2 is 1.90 bits per heavy atom. The van der Waals surface area contributed by atoms with E-state index >= 15 is 0 Å². The van der Waals surface area contributed by atoms with Crippen LogP contribution in [0.5, 0.6) is 0 Å². The number of aliphatic hydroxyl groups is 1. The highest BCUT2D eigenvalue weighted by Gasteiger charge is 2.26. The minimum absolute atomic E-state index is 0.00738. The van der Waals surface area contributed by atoms with Crippen molar-refractivity contribution in [3.63, 3.8) is 0 Å². The summed E-state index contributed by atoms with van der Waals surface area (Å²) in [5.74, 6) is -2.14. The van der Waals surface area contributed by atoms with Crippen LogP contribution in [0.15, 0.2) is 40.9 Å². The van der Waals surface area contributed by atoms with Gasteiger partial charge in [0.1, 0.15) is 11.6 Å². The average Bonchev–Trinajstić information content (AvgIpc) is 2.44. The maximum absolute atomic E-state index is 13.9. The molecule has 2 aromatic rings. The van der Waals surface area contributed by atoms with E-state index in [1.807, 2.05) is 0 Å². The summed E-state index contributed by atoms with van der Waals surface area (Å²) in [4.78, 5) is 0. The summed E-state index contributed by atoms with van der Waals surface area (Å²) in [5, 5.41) is 10.8. The fourth-order valence-corrected chi connectivity index (χ4v) is 2.81. The molecule has 0 fully saturated rings. The smallest absolute Gasteiger partial charge is 0.129 e. The third-order valence-electron chi connectivity index (χ3n) is 3.30. The molecule has 3 N–H and O–H groups in total. The number of nitrogens with two attached hydrogens (primary N) is 1. The van der Waals surface area contributed by atoms with Crippen LogP contribution in [0.1, 0.15) is 23.1 Å². The van der Waals surface area contributed by atoms with Gasteiger partial charge >= 0.3 is 0 Å². The van der Waals surface area contributed by atoms with Gasteiger partial charge in [0.25, 0.3) is 0 Å². The molecule has 6 heteroatoms. The first-order valence-electron chi connectivity index (χ1n) is 6.22. The summed E-state index contributed by atoms with van der Waals surface area (Å²) in [6.07, 6.45) is -1.10. The monoisotopic (exact) mass is 375 g/mol. The molecule has 0 aliphatic rings. The predicted octanol–water partition coefficient (Wildman–Crippen LogP) is 4.16. The maximum atomic E-state index is 13.9. The largest absolute Gasteiger partial charge is 0.388 e. The van der Waals surface area contributed by atoms with Crippen molar-refractivity contribution >= 4 is 27.5 Å². The highest BCUT2D eigenvalue weighted by molar-refractivity contribution is 9.10. The van der Waals surface area contributed by atoms with Crippen LogP contribution in [-0.2, 0) is 0 Å². The van der Waals surface area contributed by atoms with Gasteiger partial charge in [-0.05, 0) is 33.6 Å². The lowest BCUT2D eigenvalue weighted by Gasteiger charge is -2.24. The molecular weight excluding hydrogens is 364 g/mol. The van der Waals surface area contributed by atoms with Crippen molar-refractivity contribution in [3.05, 3.63) is 68.7 Å². The summed E-state index contributed by atoms with van der Waals surface area (Å²) < 4.78 is 27.5. The Labute approximate surface area is 134 Å². The molecule has 0 aliphatic carbocycles. The second-order valence-electron chi connectivity index (χ2n) is 4.60. The quantitative estimate of drug-likeness (QED) is 0.842. The molecule has 2 rings (SSSR count). The number of hydrogen-bond donors (Lipinski definition) is 2. The van der Waals surface area contributed by atoms with Crippen molar-refractivity contribution in [1.29, 1.82) is 0 Å². The number of aliphatic hydroxyl groups excluding tert-OH is 1. The molecule has 0 radical (unpaired) electrons. The fourth-order valence-electron chi connectivity index (χ4n) is 2.19. The van der Waals surface area contributed by atoms with E-state index in [1.165, 1.54) is 6.07 Å². The molecule has 0 spiro atoms. The third-order valence-corrected chi connectivity index (χ3v) is 4.61. The van der Waals surface area contributed by atoms with E-state index in [0.29, 0.717) is 15.1 Å². The van der Waals surface area contributed by atoms with Crippen LogP contribution in [0.25, 0.3) is 0 Å². The molecule has 2 unspecified atom stereocenters. The van der Waals surface area contributed by atoms with Crippen molar-refractivity contribution < 1.29 is 13.9 Å². The lowest BCUT2D eigenvalue weighted by Crippen LogP contribution is -2.21. The maximum Gasteiger partial charge on any atom is 0.129 e. The van der Waals surface area contributed by atoms with Crippen molar-refractivity contribution in [2.45, 2.75) is 12.0 Å². The Bertz CT molecular complexity index is 654. The molecule has 2 nitrogen and oxygen atoms in total. The van der Waals surface area contributed by atoms with Gasteiger partial charge in [-0.15, -0.1) is 0 Å². The fraction of sp³-hybridized carbons (Fsp3) is 0.200. The molecular formula is C15H13BrClF2NO. The lowest BCUT2D eigenvalue weighted by molar-refractivity contribution is 0.145. The molecule has 112 valence electrons.